The highest BCUT2D eigenvalue weighted by Crippen LogP contribution is 2.19. The predicted octanol–water partition coefficient (Wildman–Crippen LogP) is 1.82. The van der Waals surface area contributed by atoms with Crippen LogP contribution < -0.4 is 5.32 Å². The molecule has 0 aliphatic carbocycles. The maximum Gasteiger partial charge on any atom is 0.242 e. The summed E-state index contributed by atoms with van der Waals surface area (Å²) in [7, 11) is 0. The van der Waals surface area contributed by atoms with Gasteiger partial charge in [-0.1, -0.05) is 36.8 Å². The van der Waals surface area contributed by atoms with Crippen LogP contribution in [0.25, 0.3) is 0 Å². The molecule has 1 unspecified atom stereocenters. The summed E-state index contributed by atoms with van der Waals surface area (Å²) in [6.45, 7) is 4.56. The minimum atomic E-state index is -0.294. The first-order chi connectivity index (χ1) is 12.2. The normalized spacial score (nSPS) is 21.3. The van der Waals surface area contributed by atoms with Crippen LogP contribution in [-0.4, -0.2) is 60.4 Å². The highest BCUT2D eigenvalue weighted by atomic mass is 16.2. The molecule has 0 bridgehead atoms. The van der Waals surface area contributed by atoms with E-state index in [0.717, 1.165) is 38.0 Å². The lowest BCUT2D eigenvalue weighted by Gasteiger charge is -2.27. The number of hydrogen-bond donors (Lipinski definition) is 1. The fourth-order valence-electron chi connectivity index (χ4n) is 3.85. The number of nitrogens with one attached hydrogen (secondary N) is 1. The molecule has 1 aromatic rings. The number of nitrogens with zero attached hydrogens (tertiary/aromatic N) is 2. The monoisotopic (exact) mass is 343 g/mol. The molecule has 136 valence electrons. The molecule has 0 aromatic heterocycles. The standard InChI is InChI=1S/C20H29N3O2/c24-19(16-17-8-3-1-4-9-17)23-14-7-10-18(23)20(25)21-11-15-22-12-5-2-6-13-22/h1,3-4,8-9,18H,2,5-7,10-16H2,(H,21,25). The lowest BCUT2D eigenvalue weighted by molar-refractivity contribution is -0.138. The number of piperidine rings is 1. The van der Waals surface area contributed by atoms with E-state index in [9.17, 15) is 9.59 Å². The molecule has 3 rings (SSSR count). The Morgan fingerprint density at radius 2 is 1.76 bits per heavy atom. The molecular weight excluding hydrogens is 314 g/mol. The van der Waals surface area contributed by atoms with Crippen molar-refractivity contribution in [1.82, 2.24) is 15.1 Å². The van der Waals surface area contributed by atoms with Crippen LogP contribution in [0.2, 0.25) is 0 Å². The van der Waals surface area contributed by atoms with Crippen LogP contribution >= 0.6 is 0 Å². The molecule has 2 aliphatic heterocycles. The third kappa shape index (κ3) is 5.05. The van der Waals surface area contributed by atoms with Crippen LogP contribution in [0.4, 0.5) is 0 Å². The summed E-state index contributed by atoms with van der Waals surface area (Å²) >= 11 is 0. The Kier molecular flexibility index (Phi) is 6.45. The molecule has 25 heavy (non-hydrogen) atoms. The van der Waals surface area contributed by atoms with Crippen molar-refractivity contribution in [2.24, 2.45) is 0 Å². The molecule has 1 N–H and O–H groups in total. The van der Waals surface area contributed by atoms with Crippen molar-refractivity contribution in [2.75, 3.05) is 32.7 Å². The maximum atomic E-state index is 12.6. The molecule has 2 heterocycles. The summed E-state index contributed by atoms with van der Waals surface area (Å²) in [6, 6.07) is 9.46. The summed E-state index contributed by atoms with van der Waals surface area (Å²) in [5.74, 6) is 0.0656. The SMILES string of the molecule is O=C(NCCN1CCCCC1)C1CCCN1C(=O)Cc1ccccc1. The second kappa shape index (κ2) is 8.99. The average molecular weight is 343 g/mol. The van der Waals surface area contributed by atoms with Crippen LogP contribution in [0, 0.1) is 0 Å². The zero-order chi connectivity index (χ0) is 17.5. The van der Waals surface area contributed by atoms with Crippen molar-refractivity contribution in [1.29, 1.82) is 0 Å². The first-order valence-corrected chi connectivity index (χ1v) is 9.57. The first-order valence-electron chi connectivity index (χ1n) is 9.57. The van der Waals surface area contributed by atoms with Crippen molar-refractivity contribution in [3.63, 3.8) is 0 Å². The van der Waals surface area contributed by atoms with Crippen molar-refractivity contribution >= 4 is 11.8 Å². The van der Waals surface area contributed by atoms with E-state index >= 15 is 0 Å². The Balaban J connectivity index is 1.46. The zero-order valence-corrected chi connectivity index (χ0v) is 15.0. The smallest absolute Gasteiger partial charge is 0.242 e. The van der Waals surface area contributed by atoms with Gasteiger partial charge in [-0.25, -0.2) is 0 Å². The van der Waals surface area contributed by atoms with Gasteiger partial charge in [0, 0.05) is 19.6 Å². The summed E-state index contributed by atoms with van der Waals surface area (Å²) in [5.41, 5.74) is 1.00. The topological polar surface area (TPSA) is 52.7 Å². The van der Waals surface area contributed by atoms with Gasteiger partial charge in [-0.3, -0.25) is 9.59 Å². The van der Waals surface area contributed by atoms with E-state index < -0.39 is 0 Å². The van der Waals surface area contributed by atoms with Gasteiger partial charge in [0.15, 0.2) is 0 Å². The summed E-state index contributed by atoms with van der Waals surface area (Å²) in [4.78, 5) is 29.3. The molecule has 2 fully saturated rings. The fourth-order valence-corrected chi connectivity index (χ4v) is 3.85. The van der Waals surface area contributed by atoms with Gasteiger partial charge < -0.3 is 15.1 Å². The second-order valence-corrected chi connectivity index (χ2v) is 7.10. The average Bonchev–Trinajstić information content (AvgIpc) is 3.13. The third-order valence-electron chi connectivity index (χ3n) is 5.25. The van der Waals surface area contributed by atoms with Gasteiger partial charge in [0.2, 0.25) is 11.8 Å². The van der Waals surface area contributed by atoms with Crippen LogP contribution in [0.15, 0.2) is 30.3 Å². The zero-order valence-electron chi connectivity index (χ0n) is 15.0. The van der Waals surface area contributed by atoms with E-state index in [1.807, 2.05) is 30.3 Å². The quantitative estimate of drug-likeness (QED) is 0.857. The number of carbonyl (C=O) groups excluding carboxylic acids is 2. The number of likely N-dealkylation sites (tertiary alicyclic amines) is 2. The van der Waals surface area contributed by atoms with Gasteiger partial charge in [0.1, 0.15) is 6.04 Å². The summed E-state index contributed by atoms with van der Waals surface area (Å²) in [6.07, 6.45) is 5.90. The van der Waals surface area contributed by atoms with E-state index in [4.69, 9.17) is 0 Å². The van der Waals surface area contributed by atoms with Gasteiger partial charge >= 0.3 is 0 Å². The molecule has 5 heteroatoms. The van der Waals surface area contributed by atoms with E-state index in [1.165, 1.54) is 19.3 Å². The number of rotatable bonds is 6. The molecule has 2 amide bonds. The highest BCUT2D eigenvalue weighted by Gasteiger charge is 2.33. The Bertz CT molecular complexity index is 570. The molecule has 5 nitrogen and oxygen atoms in total. The molecule has 2 saturated heterocycles. The Morgan fingerprint density at radius 3 is 2.52 bits per heavy atom. The number of benzene rings is 1. The largest absolute Gasteiger partial charge is 0.353 e. The molecule has 0 spiro atoms. The highest BCUT2D eigenvalue weighted by molar-refractivity contribution is 5.89. The lowest BCUT2D eigenvalue weighted by Crippen LogP contribution is -2.48. The van der Waals surface area contributed by atoms with Gasteiger partial charge in [-0.15, -0.1) is 0 Å². The Hall–Kier alpha value is -1.88. The number of carbonyl (C=O) groups is 2. The van der Waals surface area contributed by atoms with Crippen molar-refractivity contribution < 1.29 is 9.59 Å². The van der Waals surface area contributed by atoms with Gasteiger partial charge in [-0.2, -0.15) is 0 Å². The van der Waals surface area contributed by atoms with Crippen LogP contribution in [0.5, 0.6) is 0 Å². The van der Waals surface area contributed by atoms with Crippen molar-refractivity contribution in [3.8, 4) is 0 Å². The molecule has 1 atom stereocenters. The van der Waals surface area contributed by atoms with Gasteiger partial charge in [0.05, 0.1) is 6.42 Å². The van der Waals surface area contributed by atoms with E-state index in [0.29, 0.717) is 19.5 Å². The molecular formula is C20H29N3O2. The van der Waals surface area contributed by atoms with Crippen molar-refractivity contribution in [2.45, 2.75) is 44.6 Å². The molecule has 1 aromatic carbocycles. The maximum absolute atomic E-state index is 12.6. The molecule has 0 radical (unpaired) electrons. The van der Waals surface area contributed by atoms with Gasteiger partial charge in [-0.05, 0) is 44.3 Å². The van der Waals surface area contributed by atoms with Crippen LogP contribution in [0.3, 0.4) is 0 Å². The minimum absolute atomic E-state index is 0.0101. The third-order valence-corrected chi connectivity index (χ3v) is 5.25. The molecule has 2 aliphatic rings. The lowest BCUT2D eigenvalue weighted by atomic mass is 10.1. The van der Waals surface area contributed by atoms with Crippen molar-refractivity contribution in [3.05, 3.63) is 35.9 Å². The van der Waals surface area contributed by atoms with E-state index in [2.05, 4.69) is 10.2 Å². The fraction of sp³-hybridized carbons (Fsp3) is 0.600. The predicted molar refractivity (Wildman–Crippen MR) is 98.2 cm³/mol. The second-order valence-electron chi connectivity index (χ2n) is 7.10. The summed E-state index contributed by atoms with van der Waals surface area (Å²) < 4.78 is 0. The number of amides is 2. The van der Waals surface area contributed by atoms with E-state index in [-0.39, 0.29) is 17.9 Å². The summed E-state index contributed by atoms with van der Waals surface area (Å²) in [5, 5.41) is 3.05. The first kappa shape index (κ1) is 17.9. The molecule has 0 saturated carbocycles. The Morgan fingerprint density at radius 1 is 1.00 bits per heavy atom. The van der Waals surface area contributed by atoms with Crippen LogP contribution in [0.1, 0.15) is 37.7 Å². The minimum Gasteiger partial charge on any atom is -0.353 e. The Labute approximate surface area is 150 Å². The van der Waals surface area contributed by atoms with Gasteiger partial charge in [0.25, 0.3) is 0 Å². The number of hydrogen-bond acceptors (Lipinski definition) is 3. The van der Waals surface area contributed by atoms with Crippen LogP contribution in [-0.2, 0) is 16.0 Å². The van der Waals surface area contributed by atoms with E-state index in [1.54, 1.807) is 4.90 Å².